The van der Waals surface area contributed by atoms with Gasteiger partial charge in [0.05, 0.1) is 20.1 Å². The lowest BCUT2D eigenvalue weighted by Crippen LogP contribution is -1.93. The molecule has 0 atom stereocenters. The SMILES string of the molecule is CC(C)=O.O=[N+]([O-])c1csc(-c2cccs2)c1[N+](=O)[O-]. The molecule has 0 saturated carbocycles. The van der Waals surface area contributed by atoms with E-state index in [-0.39, 0.29) is 5.78 Å². The van der Waals surface area contributed by atoms with Crippen molar-refractivity contribution >= 4 is 39.8 Å². The average molecular weight is 314 g/mol. The van der Waals surface area contributed by atoms with Gasteiger partial charge < -0.3 is 4.79 Å². The third-order valence-corrected chi connectivity index (χ3v) is 3.88. The van der Waals surface area contributed by atoms with E-state index in [1.807, 2.05) is 0 Å². The Balaban J connectivity index is 0.000000444. The number of thiophene rings is 2. The average Bonchev–Trinajstić information content (AvgIpc) is 2.96. The quantitative estimate of drug-likeness (QED) is 0.631. The molecule has 0 spiro atoms. The Morgan fingerprint density at radius 3 is 2.15 bits per heavy atom. The van der Waals surface area contributed by atoms with Gasteiger partial charge in [-0.3, -0.25) is 20.2 Å². The summed E-state index contributed by atoms with van der Waals surface area (Å²) < 4.78 is 0. The molecule has 0 amide bonds. The van der Waals surface area contributed by atoms with Gasteiger partial charge in [-0.15, -0.1) is 22.7 Å². The fraction of sp³-hybridized carbons (Fsp3) is 0.182. The van der Waals surface area contributed by atoms with Crippen molar-refractivity contribution in [2.45, 2.75) is 13.8 Å². The summed E-state index contributed by atoms with van der Waals surface area (Å²) in [7, 11) is 0. The third kappa shape index (κ3) is 3.93. The topological polar surface area (TPSA) is 103 Å². The Bertz CT molecular complexity index is 629. The van der Waals surface area contributed by atoms with Gasteiger partial charge in [-0.05, 0) is 25.3 Å². The van der Waals surface area contributed by atoms with E-state index in [0.717, 1.165) is 11.3 Å². The van der Waals surface area contributed by atoms with Crippen LogP contribution in [0.1, 0.15) is 13.8 Å². The summed E-state index contributed by atoms with van der Waals surface area (Å²) >= 11 is 2.33. The van der Waals surface area contributed by atoms with Gasteiger partial charge in [0, 0.05) is 0 Å². The van der Waals surface area contributed by atoms with E-state index in [1.54, 1.807) is 17.5 Å². The lowest BCUT2D eigenvalue weighted by molar-refractivity contribution is -0.421. The van der Waals surface area contributed by atoms with Gasteiger partial charge in [-0.1, -0.05) is 6.07 Å². The van der Waals surface area contributed by atoms with Gasteiger partial charge in [0.2, 0.25) is 0 Å². The third-order valence-electron chi connectivity index (χ3n) is 1.87. The molecule has 0 aliphatic rings. The monoisotopic (exact) mass is 314 g/mol. The zero-order valence-corrected chi connectivity index (χ0v) is 12.2. The van der Waals surface area contributed by atoms with Crippen molar-refractivity contribution in [3.63, 3.8) is 0 Å². The van der Waals surface area contributed by atoms with Crippen LogP contribution in [-0.4, -0.2) is 15.6 Å². The molecule has 0 radical (unpaired) electrons. The van der Waals surface area contributed by atoms with Crippen molar-refractivity contribution in [3.05, 3.63) is 43.1 Å². The van der Waals surface area contributed by atoms with Crippen LogP contribution in [0.25, 0.3) is 9.75 Å². The largest absolute Gasteiger partial charge is 0.365 e. The van der Waals surface area contributed by atoms with Gasteiger partial charge in [-0.2, -0.15) is 0 Å². The first-order valence-corrected chi connectivity index (χ1v) is 7.01. The standard InChI is InChI=1S/C8H4N2O4S2.C3H6O/c11-9(12)5-4-16-8(7(5)10(13)14)6-2-1-3-15-6;1-3(2)4/h1-4H;1-2H3. The molecule has 0 aromatic carbocycles. The lowest BCUT2D eigenvalue weighted by atomic mass is 10.3. The predicted molar refractivity (Wildman–Crippen MR) is 77.3 cm³/mol. The van der Waals surface area contributed by atoms with Gasteiger partial charge in [0.15, 0.2) is 0 Å². The number of hydrogen-bond donors (Lipinski definition) is 0. The highest BCUT2D eigenvalue weighted by Gasteiger charge is 2.32. The minimum absolute atomic E-state index is 0.167. The first-order chi connectivity index (χ1) is 9.34. The first-order valence-electron chi connectivity index (χ1n) is 5.26. The summed E-state index contributed by atoms with van der Waals surface area (Å²) in [4.78, 5) is 30.5. The van der Waals surface area contributed by atoms with Crippen LogP contribution in [0.4, 0.5) is 11.4 Å². The second kappa shape index (κ2) is 6.87. The lowest BCUT2D eigenvalue weighted by Gasteiger charge is -1.92. The van der Waals surface area contributed by atoms with Crippen LogP contribution in [-0.2, 0) is 4.79 Å². The van der Waals surface area contributed by atoms with Gasteiger partial charge >= 0.3 is 11.4 Å². The molecule has 2 heterocycles. The van der Waals surface area contributed by atoms with Crippen LogP contribution in [0.2, 0.25) is 0 Å². The van der Waals surface area contributed by atoms with Crippen LogP contribution in [0.3, 0.4) is 0 Å². The highest BCUT2D eigenvalue weighted by molar-refractivity contribution is 7.21. The number of Topliss-reactive ketones (excluding diaryl/α,β-unsaturated/α-hetero) is 1. The summed E-state index contributed by atoms with van der Waals surface area (Å²) in [6, 6.07) is 3.45. The summed E-state index contributed by atoms with van der Waals surface area (Å²) in [6.07, 6.45) is 0. The van der Waals surface area contributed by atoms with Gasteiger partial charge in [0.25, 0.3) is 0 Å². The molecular weight excluding hydrogens is 304 g/mol. The zero-order valence-electron chi connectivity index (χ0n) is 10.6. The Labute approximate surface area is 121 Å². The number of rotatable bonds is 3. The number of ketones is 1. The molecule has 0 bridgehead atoms. The Morgan fingerprint density at radius 2 is 1.75 bits per heavy atom. The second-order valence-corrected chi connectivity index (χ2v) is 5.53. The van der Waals surface area contributed by atoms with Gasteiger partial charge in [0.1, 0.15) is 10.7 Å². The maximum Gasteiger partial charge on any atom is 0.365 e. The minimum atomic E-state index is -0.730. The molecule has 0 aliphatic carbocycles. The van der Waals surface area contributed by atoms with Crippen LogP contribution >= 0.6 is 22.7 Å². The summed E-state index contributed by atoms with van der Waals surface area (Å²) in [5.74, 6) is 0.167. The van der Waals surface area contributed by atoms with Crippen molar-refractivity contribution in [1.82, 2.24) is 0 Å². The van der Waals surface area contributed by atoms with E-state index in [4.69, 9.17) is 0 Å². The van der Waals surface area contributed by atoms with E-state index in [9.17, 15) is 25.0 Å². The molecule has 20 heavy (non-hydrogen) atoms. The molecule has 0 saturated heterocycles. The molecule has 2 aromatic heterocycles. The zero-order chi connectivity index (χ0) is 15.3. The highest BCUT2D eigenvalue weighted by Crippen LogP contribution is 2.44. The molecule has 0 fully saturated rings. The van der Waals surface area contributed by atoms with Crippen LogP contribution in [0, 0.1) is 20.2 Å². The smallest absolute Gasteiger partial charge is 0.300 e. The number of carbonyl (C=O) groups is 1. The van der Waals surface area contributed by atoms with Crippen molar-refractivity contribution in [2.24, 2.45) is 0 Å². The van der Waals surface area contributed by atoms with Crippen LogP contribution in [0.15, 0.2) is 22.9 Å². The molecule has 2 rings (SSSR count). The Hall–Kier alpha value is -2.13. The van der Waals surface area contributed by atoms with E-state index in [2.05, 4.69) is 0 Å². The van der Waals surface area contributed by atoms with Gasteiger partial charge in [-0.25, -0.2) is 0 Å². The number of hydrogen-bond acceptors (Lipinski definition) is 7. The fourth-order valence-electron chi connectivity index (χ4n) is 1.23. The molecule has 9 heteroatoms. The highest BCUT2D eigenvalue weighted by atomic mass is 32.1. The van der Waals surface area contributed by atoms with Crippen molar-refractivity contribution in [2.75, 3.05) is 0 Å². The Kier molecular flexibility index (Phi) is 5.47. The van der Waals surface area contributed by atoms with E-state index in [0.29, 0.717) is 9.75 Å². The van der Waals surface area contributed by atoms with Crippen LogP contribution < -0.4 is 0 Å². The minimum Gasteiger partial charge on any atom is -0.300 e. The molecule has 0 aliphatic heterocycles. The molecule has 2 aromatic rings. The maximum absolute atomic E-state index is 10.8. The van der Waals surface area contributed by atoms with E-state index >= 15 is 0 Å². The van der Waals surface area contributed by atoms with E-state index in [1.165, 1.54) is 30.6 Å². The number of nitrogens with zero attached hydrogens (tertiary/aromatic N) is 2. The van der Waals surface area contributed by atoms with Crippen LogP contribution in [0.5, 0.6) is 0 Å². The Morgan fingerprint density at radius 1 is 1.15 bits per heavy atom. The second-order valence-electron chi connectivity index (χ2n) is 3.70. The summed E-state index contributed by atoms with van der Waals surface area (Å²) in [5, 5.41) is 24.4. The molecular formula is C11H10N2O5S2. The molecule has 0 N–H and O–H groups in total. The molecule has 7 nitrogen and oxygen atoms in total. The summed E-state index contributed by atoms with van der Waals surface area (Å²) in [6.45, 7) is 3.06. The number of nitro groups is 2. The first kappa shape index (κ1) is 15.9. The predicted octanol–water partition coefficient (Wildman–Crippen LogP) is 3.89. The van der Waals surface area contributed by atoms with Crippen molar-refractivity contribution in [3.8, 4) is 9.75 Å². The van der Waals surface area contributed by atoms with E-state index < -0.39 is 21.2 Å². The molecule has 0 unspecified atom stereocenters. The molecule has 106 valence electrons. The van der Waals surface area contributed by atoms with Crippen molar-refractivity contribution in [1.29, 1.82) is 0 Å². The van der Waals surface area contributed by atoms with Crippen molar-refractivity contribution < 1.29 is 14.6 Å². The maximum atomic E-state index is 10.8. The number of carbonyl (C=O) groups excluding carboxylic acids is 1. The fourth-order valence-corrected chi connectivity index (χ4v) is 3.09. The normalized spacial score (nSPS) is 9.50. The summed E-state index contributed by atoms with van der Waals surface area (Å²) in [5.41, 5.74) is -0.865.